The Morgan fingerprint density at radius 2 is 2.08 bits per heavy atom. The minimum absolute atomic E-state index is 0.144. The number of hydrogen-bond donors (Lipinski definition) is 2. The molecule has 0 saturated carbocycles. The highest BCUT2D eigenvalue weighted by molar-refractivity contribution is 9.10. The molecule has 0 radical (unpaired) electrons. The van der Waals surface area contributed by atoms with Gasteiger partial charge in [-0.1, -0.05) is 15.9 Å². The topological polar surface area (TPSA) is 50.4 Å². The van der Waals surface area contributed by atoms with Crippen LogP contribution in [0.2, 0.25) is 0 Å². The Morgan fingerprint density at radius 1 is 1.25 bits per heavy atom. The number of amides is 1. The van der Waals surface area contributed by atoms with Crippen molar-refractivity contribution in [1.82, 2.24) is 5.32 Å². The van der Waals surface area contributed by atoms with Crippen LogP contribution in [0.1, 0.15) is 28.4 Å². The number of anilines is 1. The van der Waals surface area contributed by atoms with Crippen LogP contribution < -0.4 is 15.4 Å². The summed E-state index contributed by atoms with van der Waals surface area (Å²) in [6, 6.07) is 9.34. The molecule has 2 aromatic rings. The first-order chi connectivity index (χ1) is 11.6. The fraction of sp³-hybridized carbons (Fsp3) is 0.278. The van der Waals surface area contributed by atoms with Crippen LogP contribution in [0.3, 0.4) is 0 Å². The standard InChI is InChI=1S/C18H18Br2N2O2/c1-2-24-17-4-3-11(8-16(17)20)18(23)22-13-7-12-10-21-6-5-14(12)15(19)9-13/h3-4,7-9,21H,2,5-6,10H2,1H3,(H,22,23). The van der Waals surface area contributed by atoms with E-state index in [9.17, 15) is 4.79 Å². The van der Waals surface area contributed by atoms with Crippen LogP contribution in [0.5, 0.6) is 5.75 Å². The van der Waals surface area contributed by atoms with Gasteiger partial charge in [0.15, 0.2) is 0 Å². The van der Waals surface area contributed by atoms with Crippen molar-refractivity contribution >= 4 is 43.5 Å². The molecule has 0 fully saturated rings. The van der Waals surface area contributed by atoms with Crippen LogP contribution in [0.25, 0.3) is 0 Å². The van der Waals surface area contributed by atoms with Gasteiger partial charge in [0.25, 0.3) is 5.91 Å². The molecule has 1 heterocycles. The lowest BCUT2D eigenvalue weighted by Crippen LogP contribution is -2.24. The maximum absolute atomic E-state index is 12.5. The summed E-state index contributed by atoms with van der Waals surface area (Å²) in [5, 5.41) is 6.32. The molecule has 2 N–H and O–H groups in total. The molecule has 3 rings (SSSR count). The first kappa shape index (κ1) is 17.5. The Morgan fingerprint density at radius 3 is 2.83 bits per heavy atom. The lowest BCUT2D eigenvalue weighted by molar-refractivity contribution is 0.102. The van der Waals surface area contributed by atoms with Gasteiger partial charge >= 0.3 is 0 Å². The third-order valence-electron chi connectivity index (χ3n) is 3.91. The summed E-state index contributed by atoms with van der Waals surface area (Å²) in [6.45, 7) is 4.32. The maximum Gasteiger partial charge on any atom is 0.255 e. The Hall–Kier alpha value is -1.37. The predicted molar refractivity (Wildman–Crippen MR) is 103 cm³/mol. The maximum atomic E-state index is 12.5. The van der Waals surface area contributed by atoms with Crippen LogP contribution in [-0.2, 0) is 13.0 Å². The Balaban J connectivity index is 1.80. The van der Waals surface area contributed by atoms with Gasteiger partial charge in [0.1, 0.15) is 5.75 Å². The fourth-order valence-electron chi connectivity index (χ4n) is 2.76. The van der Waals surface area contributed by atoms with Crippen molar-refractivity contribution in [2.75, 3.05) is 18.5 Å². The molecular weight excluding hydrogens is 436 g/mol. The largest absolute Gasteiger partial charge is 0.493 e. The van der Waals surface area contributed by atoms with Crippen molar-refractivity contribution < 1.29 is 9.53 Å². The first-order valence-corrected chi connectivity index (χ1v) is 9.42. The molecule has 0 saturated heterocycles. The zero-order valence-electron chi connectivity index (χ0n) is 13.3. The molecule has 0 bridgehead atoms. The van der Waals surface area contributed by atoms with Crippen LogP contribution in [-0.4, -0.2) is 19.1 Å². The van der Waals surface area contributed by atoms with E-state index in [-0.39, 0.29) is 5.91 Å². The van der Waals surface area contributed by atoms with Crippen molar-refractivity contribution in [3.05, 3.63) is 56.0 Å². The van der Waals surface area contributed by atoms with Gasteiger partial charge in [0.05, 0.1) is 11.1 Å². The molecule has 6 heteroatoms. The zero-order chi connectivity index (χ0) is 17.1. The second-order valence-electron chi connectivity index (χ2n) is 5.55. The number of fused-ring (bicyclic) bond motifs is 1. The number of nitrogens with one attached hydrogen (secondary N) is 2. The van der Waals surface area contributed by atoms with Crippen LogP contribution >= 0.6 is 31.9 Å². The van der Waals surface area contributed by atoms with E-state index < -0.39 is 0 Å². The normalized spacial score (nSPS) is 13.3. The summed E-state index contributed by atoms with van der Waals surface area (Å²) in [5.41, 5.74) is 3.91. The predicted octanol–water partition coefficient (Wildman–Crippen LogP) is 4.51. The fourth-order valence-corrected chi connectivity index (χ4v) is 3.95. The van der Waals surface area contributed by atoms with E-state index in [0.29, 0.717) is 12.2 Å². The summed E-state index contributed by atoms with van der Waals surface area (Å²) in [6.07, 6.45) is 0.996. The van der Waals surface area contributed by atoms with Gasteiger partial charge in [-0.2, -0.15) is 0 Å². The molecule has 1 aliphatic rings. The van der Waals surface area contributed by atoms with E-state index in [1.165, 1.54) is 11.1 Å². The van der Waals surface area contributed by atoms with E-state index in [1.807, 2.05) is 19.1 Å². The summed E-state index contributed by atoms with van der Waals surface area (Å²) < 4.78 is 7.29. The highest BCUT2D eigenvalue weighted by Gasteiger charge is 2.15. The van der Waals surface area contributed by atoms with Crippen LogP contribution in [0, 0.1) is 0 Å². The Labute approximate surface area is 158 Å². The van der Waals surface area contributed by atoms with Crippen molar-refractivity contribution in [3.63, 3.8) is 0 Å². The molecule has 0 aliphatic carbocycles. The number of rotatable bonds is 4. The highest BCUT2D eigenvalue weighted by Crippen LogP contribution is 2.29. The third kappa shape index (κ3) is 3.82. The van der Waals surface area contributed by atoms with Crippen molar-refractivity contribution in [2.45, 2.75) is 19.9 Å². The summed E-state index contributed by atoms with van der Waals surface area (Å²) in [4.78, 5) is 12.5. The smallest absolute Gasteiger partial charge is 0.255 e. The van der Waals surface area contributed by atoms with E-state index in [2.05, 4.69) is 42.5 Å². The van der Waals surface area contributed by atoms with Crippen molar-refractivity contribution in [1.29, 1.82) is 0 Å². The number of ether oxygens (including phenoxy) is 1. The molecule has 0 atom stereocenters. The molecule has 126 valence electrons. The molecule has 4 nitrogen and oxygen atoms in total. The molecule has 0 unspecified atom stereocenters. The van der Waals surface area contributed by atoms with Gasteiger partial charge in [-0.15, -0.1) is 0 Å². The van der Waals surface area contributed by atoms with Crippen molar-refractivity contribution in [2.24, 2.45) is 0 Å². The second kappa shape index (κ2) is 7.68. The Bertz CT molecular complexity index is 778. The minimum Gasteiger partial charge on any atom is -0.493 e. The van der Waals surface area contributed by atoms with E-state index in [0.717, 1.165) is 39.9 Å². The SMILES string of the molecule is CCOc1ccc(C(=O)Nc2cc(Br)c3c(c2)CNCC3)cc1Br. The van der Waals surface area contributed by atoms with E-state index in [4.69, 9.17) is 4.74 Å². The average molecular weight is 454 g/mol. The minimum atomic E-state index is -0.144. The molecule has 1 amide bonds. The molecule has 24 heavy (non-hydrogen) atoms. The summed E-state index contributed by atoms with van der Waals surface area (Å²) in [7, 11) is 0. The lowest BCUT2D eigenvalue weighted by Gasteiger charge is -2.20. The molecule has 0 spiro atoms. The van der Waals surface area contributed by atoms with Gasteiger partial charge in [-0.3, -0.25) is 4.79 Å². The molecule has 1 aliphatic heterocycles. The van der Waals surface area contributed by atoms with Gasteiger partial charge in [0, 0.05) is 22.3 Å². The first-order valence-electron chi connectivity index (χ1n) is 7.84. The average Bonchev–Trinajstić information content (AvgIpc) is 2.57. The van der Waals surface area contributed by atoms with Gasteiger partial charge in [-0.25, -0.2) is 0 Å². The number of carbonyl (C=O) groups is 1. The number of carbonyl (C=O) groups excluding carboxylic acids is 1. The van der Waals surface area contributed by atoms with Crippen molar-refractivity contribution in [3.8, 4) is 5.75 Å². The molecule has 2 aromatic carbocycles. The third-order valence-corrected chi connectivity index (χ3v) is 5.23. The molecule has 0 aromatic heterocycles. The van der Waals surface area contributed by atoms with E-state index >= 15 is 0 Å². The van der Waals surface area contributed by atoms with Crippen LogP contribution in [0.15, 0.2) is 39.3 Å². The number of hydrogen-bond acceptors (Lipinski definition) is 3. The lowest BCUT2D eigenvalue weighted by atomic mass is 10.0. The quantitative estimate of drug-likeness (QED) is 0.716. The summed E-state index contributed by atoms with van der Waals surface area (Å²) >= 11 is 7.06. The monoisotopic (exact) mass is 452 g/mol. The zero-order valence-corrected chi connectivity index (χ0v) is 16.5. The highest BCUT2D eigenvalue weighted by atomic mass is 79.9. The van der Waals surface area contributed by atoms with Gasteiger partial charge < -0.3 is 15.4 Å². The van der Waals surface area contributed by atoms with E-state index in [1.54, 1.807) is 18.2 Å². The number of halogens is 2. The number of benzene rings is 2. The van der Waals surface area contributed by atoms with Gasteiger partial charge in [0.2, 0.25) is 0 Å². The second-order valence-corrected chi connectivity index (χ2v) is 7.26. The van der Waals surface area contributed by atoms with Gasteiger partial charge in [-0.05, 0) is 77.3 Å². The molecular formula is C18H18Br2N2O2. The Kier molecular flexibility index (Phi) is 5.58. The van der Waals surface area contributed by atoms with Crippen LogP contribution in [0.4, 0.5) is 5.69 Å². The summed E-state index contributed by atoms with van der Waals surface area (Å²) in [5.74, 6) is 0.589.